The Morgan fingerprint density at radius 2 is 1.10 bits per heavy atom. The van der Waals surface area contributed by atoms with Gasteiger partial charge in [-0.1, -0.05) is 113 Å². The van der Waals surface area contributed by atoms with Gasteiger partial charge in [-0.25, -0.2) is 0 Å². The summed E-state index contributed by atoms with van der Waals surface area (Å²) >= 11 is 3.52. The number of hydrogen-bond donors (Lipinski definition) is 0. The third kappa shape index (κ3) is 3.04. The first-order valence-electron chi connectivity index (χ1n) is 9.91. The summed E-state index contributed by atoms with van der Waals surface area (Å²) in [6.07, 6.45) is 0. The number of nitrogens with zero attached hydrogens (tertiary/aromatic N) is 1. The number of halogens is 1. The zero-order valence-corrected chi connectivity index (χ0v) is 17.9. The zero-order valence-electron chi connectivity index (χ0n) is 16.3. The Morgan fingerprint density at radius 1 is 0.621 bits per heavy atom. The lowest BCUT2D eigenvalue weighted by Crippen LogP contribution is -2.16. The van der Waals surface area contributed by atoms with Crippen molar-refractivity contribution in [3.8, 4) is 11.1 Å². The van der Waals surface area contributed by atoms with Crippen molar-refractivity contribution < 1.29 is 0 Å². The molecule has 1 aliphatic rings. The molecule has 0 spiro atoms. The van der Waals surface area contributed by atoms with Gasteiger partial charge in [0.25, 0.3) is 0 Å². The number of rotatable bonds is 4. The minimum absolute atomic E-state index is 0.124. The van der Waals surface area contributed by atoms with E-state index in [1.165, 1.54) is 27.8 Å². The molecule has 3 unspecified atom stereocenters. The van der Waals surface area contributed by atoms with E-state index in [9.17, 15) is 0 Å². The molecule has 0 bridgehead atoms. The van der Waals surface area contributed by atoms with Gasteiger partial charge in [0.1, 0.15) is 0 Å². The first kappa shape index (κ1) is 18.4. The highest BCUT2D eigenvalue weighted by Crippen LogP contribution is 2.62. The molecule has 1 fully saturated rings. The van der Waals surface area contributed by atoms with E-state index in [-0.39, 0.29) is 5.54 Å². The van der Waals surface area contributed by atoms with E-state index in [2.05, 4.69) is 137 Å². The standard InChI is InChI=1S/C27H22BrN/c1-29-26(22-8-4-2-5-9-22)27(29,23-10-6-3-7-11-23)24-16-12-20(13-17-24)21-14-18-25(28)19-15-21/h2-19,26H,1H3. The average Bonchev–Trinajstić information content (AvgIpc) is 3.41. The minimum Gasteiger partial charge on any atom is -0.282 e. The summed E-state index contributed by atoms with van der Waals surface area (Å²) in [6.45, 7) is 0. The van der Waals surface area contributed by atoms with E-state index >= 15 is 0 Å². The molecule has 1 saturated heterocycles. The quantitative estimate of drug-likeness (QED) is 0.308. The van der Waals surface area contributed by atoms with Crippen molar-refractivity contribution in [3.63, 3.8) is 0 Å². The first-order chi connectivity index (χ1) is 14.2. The third-order valence-corrected chi connectivity index (χ3v) is 6.63. The van der Waals surface area contributed by atoms with Crippen LogP contribution in [0.2, 0.25) is 0 Å². The molecule has 2 heteroatoms. The maximum atomic E-state index is 3.52. The molecule has 142 valence electrons. The first-order valence-corrected chi connectivity index (χ1v) is 10.7. The molecule has 4 aromatic carbocycles. The van der Waals surface area contributed by atoms with Crippen molar-refractivity contribution in [1.82, 2.24) is 4.90 Å². The summed E-state index contributed by atoms with van der Waals surface area (Å²) in [6, 6.07) is 39.6. The topological polar surface area (TPSA) is 3.01 Å². The lowest BCUT2D eigenvalue weighted by atomic mass is 9.84. The molecule has 0 aliphatic carbocycles. The molecule has 0 amide bonds. The minimum atomic E-state index is -0.124. The highest BCUT2D eigenvalue weighted by atomic mass is 79.9. The molecule has 3 atom stereocenters. The largest absolute Gasteiger partial charge is 0.282 e. The lowest BCUT2D eigenvalue weighted by molar-refractivity contribution is 0.533. The maximum absolute atomic E-state index is 3.52. The molecule has 0 radical (unpaired) electrons. The maximum Gasteiger partial charge on any atom is 0.0919 e. The van der Waals surface area contributed by atoms with Gasteiger partial charge >= 0.3 is 0 Å². The Morgan fingerprint density at radius 3 is 1.69 bits per heavy atom. The second-order valence-electron chi connectivity index (χ2n) is 7.64. The van der Waals surface area contributed by atoms with Crippen LogP contribution < -0.4 is 0 Å². The zero-order chi connectivity index (χ0) is 19.8. The fourth-order valence-corrected chi connectivity index (χ4v) is 4.92. The van der Waals surface area contributed by atoms with E-state index in [1.807, 2.05) is 0 Å². The van der Waals surface area contributed by atoms with Gasteiger partial charge in [-0.3, -0.25) is 4.90 Å². The van der Waals surface area contributed by atoms with Crippen LogP contribution in [0.25, 0.3) is 11.1 Å². The summed E-state index contributed by atoms with van der Waals surface area (Å²) in [7, 11) is 2.23. The van der Waals surface area contributed by atoms with Crippen molar-refractivity contribution in [3.05, 3.63) is 130 Å². The van der Waals surface area contributed by atoms with Gasteiger partial charge in [-0.15, -0.1) is 0 Å². The van der Waals surface area contributed by atoms with Gasteiger partial charge in [0.05, 0.1) is 11.6 Å². The molecule has 0 saturated carbocycles. The fourth-order valence-electron chi connectivity index (χ4n) is 4.66. The van der Waals surface area contributed by atoms with Gasteiger partial charge in [-0.2, -0.15) is 0 Å². The van der Waals surface area contributed by atoms with Crippen LogP contribution in [0.15, 0.2) is 114 Å². The van der Waals surface area contributed by atoms with Crippen molar-refractivity contribution in [2.24, 2.45) is 0 Å². The van der Waals surface area contributed by atoms with Gasteiger partial charge in [0.2, 0.25) is 0 Å². The smallest absolute Gasteiger partial charge is 0.0919 e. The summed E-state index contributed by atoms with van der Waals surface area (Å²) in [5.41, 5.74) is 6.38. The Hall–Kier alpha value is -2.68. The van der Waals surface area contributed by atoms with Crippen LogP contribution in [0.5, 0.6) is 0 Å². The molecule has 0 aromatic heterocycles. The molecule has 29 heavy (non-hydrogen) atoms. The Kier molecular flexibility index (Phi) is 4.61. The highest BCUT2D eigenvalue weighted by Gasteiger charge is 2.62. The number of likely N-dealkylation sites (N-methyl/N-ethyl adjacent to an activating group) is 1. The Labute approximate surface area is 180 Å². The predicted octanol–water partition coefficient (Wildman–Crippen LogP) is 7.05. The monoisotopic (exact) mass is 439 g/mol. The van der Waals surface area contributed by atoms with Gasteiger partial charge in [0.15, 0.2) is 0 Å². The van der Waals surface area contributed by atoms with Gasteiger partial charge in [-0.05, 0) is 47.0 Å². The molecule has 1 nitrogen and oxygen atoms in total. The second kappa shape index (κ2) is 7.29. The Balaban J connectivity index is 1.59. The normalized spacial score (nSPS) is 23.0. The van der Waals surface area contributed by atoms with E-state index < -0.39 is 0 Å². The molecular weight excluding hydrogens is 418 g/mol. The molecule has 0 N–H and O–H groups in total. The Bertz CT molecular complexity index is 1100. The second-order valence-corrected chi connectivity index (χ2v) is 8.56. The van der Waals surface area contributed by atoms with E-state index in [4.69, 9.17) is 0 Å². The van der Waals surface area contributed by atoms with E-state index in [0.29, 0.717) is 6.04 Å². The highest BCUT2D eigenvalue weighted by molar-refractivity contribution is 9.10. The van der Waals surface area contributed by atoms with E-state index in [0.717, 1.165) is 4.47 Å². The van der Waals surface area contributed by atoms with Crippen molar-refractivity contribution in [1.29, 1.82) is 0 Å². The van der Waals surface area contributed by atoms with Crippen LogP contribution in [-0.4, -0.2) is 11.9 Å². The lowest BCUT2D eigenvalue weighted by Gasteiger charge is -2.19. The number of benzene rings is 4. The number of hydrogen-bond acceptors (Lipinski definition) is 1. The van der Waals surface area contributed by atoms with Crippen LogP contribution in [-0.2, 0) is 5.54 Å². The van der Waals surface area contributed by atoms with Crippen molar-refractivity contribution in [2.75, 3.05) is 7.05 Å². The van der Waals surface area contributed by atoms with Crippen molar-refractivity contribution in [2.45, 2.75) is 11.6 Å². The van der Waals surface area contributed by atoms with Crippen LogP contribution in [0, 0.1) is 0 Å². The fraction of sp³-hybridized carbons (Fsp3) is 0.111. The van der Waals surface area contributed by atoms with Crippen LogP contribution in [0.1, 0.15) is 22.7 Å². The van der Waals surface area contributed by atoms with Gasteiger partial charge in [0, 0.05) is 4.47 Å². The summed E-state index contributed by atoms with van der Waals surface area (Å²) in [5.74, 6) is 0. The molecule has 1 aliphatic heterocycles. The van der Waals surface area contributed by atoms with Crippen LogP contribution in [0.3, 0.4) is 0 Å². The SMILES string of the molecule is CN1C(c2ccccc2)C1(c1ccccc1)c1ccc(-c2ccc(Br)cc2)cc1. The molecular formula is C27H22BrN. The summed E-state index contributed by atoms with van der Waals surface area (Å²) < 4.78 is 1.10. The van der Waals surface area contributed by atoms with Crippen LogP contribution >= 0.6 is 15.9 Å². The molecule has 4 aromatic rings. The third-order valence-electron chi connectivity index (χ3n) is 6.10. The van der Waals surface area contributed by atoms with Gasteiger partial charge < -0.3 is 0 Å². The van der Waals surface area contributed by atoms with Crippen molar-refractivity contribution >= 4 is 15.9 Å². The average molecular weight is 440 g/mol. The van der Waals surface area contributed by atoms with E-state index in [1.54, 1.807) is 0 Å². The molecule has 5 rings (SSSR count). The predicted molar refractivity (Wildman–Crippen MR) is 124 cm³/mol. The van der Waals surface area contributed by atoms with Crippen LogP contribution in [0.4, 0.5) is 0 Å². The summed E-state index contributed by atoms with van der Waals surface area (Å²) in [5, 5.41) is 0. The molecule has 1 heterocycles. The summed E-state index contributed by atoms with van der Waals surface area (Å²) in [4.78, 5) is 2.48.